The number of aromatic amines is 1. The van der Waals surface area contributed by atoms with E-state index >= 15 is 0 Å². The molecule has 0 saturated heterocycles. The number of carbonyl (C=O) groups is 1. The van der Waals surface area contributed by atoms with Crippen LogP contribution >= 0.6 is 0 Å². The number of aryl methyl sites for hydroxylation is 1. The smallest absolute Gasteiger partial charge is 0.428 e. The molecule has 1 heterocycles. The van der Waals surface area contributed by atoms with Crippen LogP contribution in [-0.2, 0) is 16.0 Å². The first-order valence-corrected chi connectivity index (χ1v) is 6.73. The highest BCUT2D eigenvalue weighted by Gasteiger charge is 2.61. The van der Waals surface area contributed by atoms with E-state index in [2.05, 4.69) is 9.72 Å². The third kappa shape index (κ3) is 2.68. The Hall–Kier alpha value is -2.02. The van der Waals surface area contributed by atoms with E-state index < -0.39 is 24.2 Å². The molecule has 1 aromatic heterocycles. The molecule has 2 rings (SSSR count). The molecule has 0 aliphatic rings. The second kappa shape index (κ2) is 5.64. The van der Waals surface area contributed by atoms with Crippen LogP contribution in [0.25, 0.3) is 10.9 Å². The van der Waals surface area contributed by atoms with Gasteiger partial charge in [0.05, 0.1) is 6.61 Å². The number of nitrogens with one attached hydrogen (secondary N) is 1. The number of benzene rings is 1. The minimum atomic E-state index is -5.14. The molecule has 0 unspecified atom stereocenters. The molecular weight excluding hydrogens is 299 g/mol. The highest BCUT2D eigenvalue weighted by atomic mass is 19.4. The largest absolute Gasteiger partial charge is 0.464 e. The number of rotatable bonds is 4. The Morgan fingerprint density at radius 3 is 2.50 bits per heavy atom. The minimum Gasteiger partial charge on any atom is -0.464 e. The predicted molar refractivity (Wildman–Crippen MR) is 74.4 cm³/mol. The van der Waals surface area contributed by atoms with Crippen LogP contribution in [0.3, 0.4) is 0 Å². The minimum absolute atomic E-state index is 0.147. The molecule has 7 heteroatoms. The molecule has 0 fully saturated rings. The molecule has 0 spiro atoms. The van der Waals surface area contributed by atoms with Crippen LogP contribution < -0.4 is 0 Å². The molecule has 2 aromatic rings. The second-order valence-electron chi connectivity index (χ2n) is 5.03. The zero-order valence-electron chi connectivity index (χ0n) is 12.1. The average molecular weight is 315 g/mol. The van der Waals surface area contributed by atoms with E-state index in [1.165, 1.54) is 6.92 Å². The third-order valence-corrected chi connectivity index (χ3v) is 3.58. The number of fused-ring (bicyclic) bond motifs is 1. The Kier molecular flexibility index (Phi) is 4.19. The Balaban J connectivity index is 2.46. The van der Waals surface area contributed by atoms with Gasteiger partial charge in [0.2, 0.25) is 0 Å². The lowest BCUT2D eigenvalue weighted by Gasteiger charge is -2.27. The number of H-pyrrole nitrogens is 1. The molecule has 1 atom stereocenters. The summed E-state index contributed by atoms with van der Waals surface area (Å²) in [6, 6.07) is 6.96. The van der Waals surface area contributed by atoms with Crippen LogP contribution in [-0.4, -0.2) is 34.4 Å². The van der Waals surface area contributed by atoms with Crippen LogP contribution in [0.2, 0.25) is 0 Å². The van der Waals surface area contributed by atoms with Gasteiger partial charge in [-0.25, -0.2) is 4.79 Å². The van der Waals surface area contributed by atoms with Gasteiger partial charge in [-0.3, -0.25) is 0 Å². The van der Waals surface area contributed by atoms with Gasteiger partial charge in [-0.05, 0) is 25.5 Å². The Labute approximate surface area is 124 Å². The number of aliphatic hydroxyl groups is 1. The highest BCUT2D eigenvalue weighted by Crippen LogP contribution is 2.36. The van der Waals surface area contributed by atoms with E-state index in [9.17, 15) is 23.1 Å². The normalized spacial score (nSPS) is 14.8. The fraction of sp³-hybridized carbons (Fsp3) is 0.400. The molecule has 0 amide bonds. The summed E-state index contributed by atoms with van der Waals surface area (Å²) in [5.74, 6) is -1.69. The van der Waals surface area contributed by atoms with Crippen molar-refractivity contribution in [3.05, 3.63) is 35.5 Å². The quantitative estimate of drug-likeness (QED) is 0.853. The van der Waals surface area contributed by atoms with E-state index in [1.807, 2.05) is 0 Å². The maximum absolute atomic E-state index is 13.2. The van der Waals surface area contributed by atoms with Crippen molar-refractivity contribution in [1.82, 2.24) is 4.98 Å². The summed E-state index contributed by atoms with van der Waals surface area (Å²) in [6.45, 7) is 2.77. The Morgan fingerprint density at radius 2 is 1.95 bits per heavy atom. The van der Waals surface area contributed by atoms with Gasteiger partial charge in [-0.2, -0.15) is 13.2 Å². The zero-order chi connectivity index (χ0) is 16.5. The molecular formula is C15H16F3NO3. The van der Waals surface area contributed by atoms with Gasteiger partial charge in [0.15, 0.2) is 0 Å². The number of para-hydroxylation sites is 1. The first-order chi connectivity index (χ1) is 10.2. The van der Waals surface area contributed by atoms with Crippen molar-refractivity contribution >= 4 is 16.9 Å². The van der Waals surface area contributed by atoms with Gasteiger partial charge in [-0.15, -0.1) is 0 Å². The molecule has 4 nitrogen and oxygen atoms in total. The van der Waals surface area contributed by atoms with E-state index in [0.717, 1.165) is 5.39 Å². The van der Waals surface area contributed by atoms with E-state index in [0.29, 0.717) is 11.1 Å². The standard InChI is InChI=1S/C15H16F3NO3/c1-3-22-13(20)14(21,15(16,17)18)8-12-9(2)10-6-4-5-7-11(10)19-12/h4-7,19,21H,3,8H2,1-2H3/t14-/m1/s1. The fourth-order valence-electron chi connectivity index (χ4n) is 2.31. The van der Waals surface area contributed by atoms with Crippen LogP contribution in [0, 0.1) is 6.92 Å². The molecule has 120 valence electrons. The van der Waals surface area contributed by atoms with Crippen molar-refractivity contribution in [3.63, 3.8) is 0 Å². The molecule has 1 aromatic carbocycles. The van der Waals surface area contributed by atoms with Gasteiger partial charge in [-0.1, -0.05) is 18.2 Å². The molecule has 0 saturated carbocycles. The van der Waals surface area contributed by atoms with Crippen LogP contribution in [0.4, 0.5) is 13.2 Å². The van der Waals surface area contributed by atoms with Crippen molar-refractivity contribution in [1.29, 1.82) is 0 Å². The van der Waals surface area contributed by atoms with E-state index in [1.54, 1.807) is 31.2 Å². The highest BCUT2D eigenvalue weighted by molar-refractivity contribution is 5.85. The molecule has 0 radical (unpaired) electrons. The molecule has 0 bridgehead atoms. The van der Waals surface area contributed by atoms with Crippen LogP contribution in [0.5, 0.6) is 0 Å². The van der Waals surface area contributed by atoms with Crippen LogP contribution in [0.15, 0.2) is 24.3 Å². The van der Waals surface area contributed by atoms with E-state index in [4.69, 9.17) is 0 Å². The SMILES string of the molecule is CCOC(=O)[C@](O)(Cc1[nH]c2ccccc2c1C)C(F)(F)F. The second-order valence-corrected chi connectivity index (χ2v) is 5.03. The molecule has 0 aliphatic carbocycles. The number of ether oxygens (including phenoxy) is 1. The van der Waals surface area contributed by atoms with Gasteiger partial charge >= 0.3 is 12.1 Å². The number of halogens is 3. The van der Waals surface area contributed by atoms with Crippen molar-refractivity contribution < 1.29 is 27.8 Å². The lowest BCUT2D eigenvalue weighted by Crippen LogP contribution is -2.54. The van der Waals surface area contributed by atoms with Gasteiger partial charge in [0.25, 0.3) is 5.60 Å². The fourth-order valence-corrected chi connectivity index (χ4v) is 2.31. The van der Waals surface area contributed by atoms with Crippen molar-refractivity contribution in [2.45, 2.75) is 32.0 Å². The van der Waals surface area contributed by atoms with Gasteiger partial charge < -0.3 is 14.8 Å². The first kappa shape index (κ1) is 16.4. The van der Waals surface area contributed by atoms with Crippen molar-refractivity contribution in [2.75, 3.05) is 6.61 Å². The summed E-state index contributed by atoms with van der Waals surface area (Å²) in [5, 5.41) is 10.7. The maximum Gasteiger partial charge on any atom is 0.428 e. The van der Waals surface area contributed by atoms with Gasteiger partial charge in [0, 0.05) is 23.0 Å². The first-order valence-electron chi connectivity index (χ1n) is 6.73. The lowest BCUT2D eigenvalue weighted by molar-refractivity contribution is -0.262. The molecule has 22 heavy (non-hydrogen) atoms. The monoisotopic (exact) mass is 315 g/mol. The predicted octanol–water partition coefficient (Wildman–Crippen LogP) is 2.88. The summed E-state index contributed by atoms with van der Waals surface area (Å²) < 4.78 is 44.0. The number of alkyl halides is 3. The number of carbonyl (C=O) groups excluding carboxylic acids is 1. The Morgan fingerprint density at radius 1 is 1.32 bits per heavy atom. The maximum atomic E-state index is 13.2. The van der Waals surface area contributed by atoms with Crippen LogP contribution in [0.1, 0.15) is 18.2 Å². The third-order valence-electron chi connectivity index (χ3n) is 3.58. The summed E-state index contributed by atoms with van der Waals surface area (Å²) in [7, 11) is 0. The summed E-state index contributed by atoms with van der Waals surface area (Å²) in [5.41, 5.74) is -2.23. The number of hydrogen-bond acceptors (Lipinski definition) is 3. The summed E-state index contributed by atoms with van der Waals surface area (Å²) in [6.07, 6.45) is -6.06. The average Bonchev–Trinajstić information content (AvgIpc) is 2.75. The lowest BCUT2D eigenvalue weighted by atomic mass is 9.95. The number of hydrogen-bond donors (Lipinski definition) is 2. The molecule has 0 aliphatic heterocycles. The summed E-state index contributed by atoms with van der Waals surface area (Å²) >= 11 is 0. The van der Waals surface area contributed by atoms with Crippen molar-refractivity contribution in [2.24, 2.45) is 0 Å². The number of esters is 1. The zero-order valence-corrected chi connectivity index (χ0v) is 12.1. The topological polar surface area (TPSA) is 62.3 Å². The number of aromatic nitrogens is 1. The van der Waals surface area contributed by atoms with Crippen molar-refractivity contribution in [3.8, 4) is 0 Å². The van der Waals surface area contributed by atoms with Gasteiger partial charge in [0.1, 0.15) is 0 Å². The van der Waals surface area contributed by atoms with E-state index in [-0.39, 0.29) is 12.3 Å². The molecule has 2 N–H and O–H groups in total. The summed E-state index contributed by atoms with van der Waals surface area (Å²) in [4.78, 5) is 14.5. The Bertz CT molecular complexity index is 693.